The first-order valence-electron chi connectivity index (χ1n) is 13.4. The molecular formula is C31H36N4O2. The maximum atomic E-state index is 13.6. The highest BCUT2D eigenvalue weighted by Crippen LogP contribution is 2.30. The molecule has 1 aliphatic heterocycles. The van der Waals surface area contributed by atoms with E-state index in [1.165, 1.54) is 23.1 Å². The summed E-state index contributed by atoms with van der Waals surface area (Å²) in [4.78, 5) is 28.6. The number of anilines is 3. The average Bonchev–Trinajstić information content (AvgIpc) is 2.91. The lowest BCUT2D eigenvalue weighted by Gasteiger charge is -2.32. The molecule has 37 heavy (non-hydrogen) atoms. The van der Waals surface area contributed by atoms with Gasteiger partial charge in [0.15, 0.2) is 0 Å². The van der Waals surface area contributed by atoms with Crippen molar-refractivity contribution in [3.8, 4) is 0 Å². The number of nitrogens with zero attached hydrogens (tertiary/aromatic N) is 1. The van der Waals surface area contributed by atoms with Gasteiger partial charge in [-0.15, -0.1) is 0 Å². The normalized spacial score (nSPS) is 15.6. The van der Waals surface area contributed by atoms with Crippen molar-refractivity contribution in [2.45, 2.75) is 65.0 Å². The van der Waals surface area contributed by atoms with E-state index < -0.39 is 0 Å². The second-order valence-corrected chi connectivity index (χ2v) is 10.4. The highest BCUT2D eigenvalue weighted by Gasteiger charge is 2.24. The van der Waals surface area contributed by atoms with E-state index in [1.54, 1.807) is 0 Å². The molecule has 0 saturated heterocycles. The zero-order chi connectivity index (χ0) is 25.8. The molecule has 1 aliphatic carbocycles. The predicted octanol–water partition coefficient (Wildman–Crippen LogP) is 6.57. The van der Waals surface area contributed by atoms with Crippen LogP contribution in [0.3, 0.4) is 0 Å². The molecule has 0 bridgehead atoms. The Hall–Kier alpha value is -3.80. The van der Waals surface area contributed by atoms with Crippen LogP contribution in [0.4, 0.5) is 21.9 Å². The molecule has 3 amide bonds. The molecule has 3 aromatic carbocycles. The Kier molecular flexibility index (Phi) is 7.45. The van der Waals surface area contributed by atoms with Crippen LogP contribution in [0, 0.1) is 13.8 Å². The monoisotopic (exact) mass is 496 g/mol. The van der Waals surface area contributed by atoms with Gasteiger partial charge < -0.3 is 20.9 Å². The largest absolute Gasteiger partial charge is 0.366 e. The van der Waals surface area contributed by atoms with E-state index in [4.69, 9.17) is 0 Å². The minimum atomic E-state index is -0.332. The molecule has 192 valence electrons. The van der Waals surface area contributed by atoms with Gasteiger partial charge in [0, 0.05) is 36.2 Å². The Bertz CT molecular complexity index is 1300. The molecule has 3 N–H and O–H groups in total. The summed E-state index contributed by atoms with van der Waals surface area (Å²) < 4.78 is 0. The molecule has 1 saturated carbocycles. The lowest BCUT2D eigenvalue weighted by molar-refractivity contribution is 0.0928. The zero-order valence-electron chi connectivity index (χ0n) is 21.8. The number of aryl methyl sites for hydroxylation is 2. The summed E-state index contributed by atoms with van der Waals surface area (Å²) in [6.45, 7) is 5.68. The molecule has 0 aromatic heterocycles. The van der Waals surface area contributed by atoms with Crippen LogP contribution < -0.4 is 20.9 Å². The van der Waals surface area contributed by atoms with Gasteiger partial charge in [0.1, 0.15) is 0 Å². The van der Waals surface area contributed by atoms with Crippen LogP contribution in [-0.2, 0) is 13.0 Å². The van der Waals surface area contributed by atoms with Crippen molar-refractivity contribution in [1.29, 1.82) is 0 Å². The van der Waals surface area contributed by atoms with Crippen LogP contribution in [0.2, 0.25) is 0 Å². The quantitative estimate of drug-likeness (QED) is 0.374. The second-order valence-electron chi connectivity index (χ2n) is 10.4. The van der Waals surface area contributed by atoms with Gasteiger partial charge in [0.2, 0.25) is 0 Å². The van der Waals surface area contributed by atoms with Crippen molar-refractivity contribution in [2.75, 3.05) is 22.1 Å². The number of benzene rings is 3. The van der Waals surface area contributed by atoms with Crippen molar-refractivity contribution in [3.05, 3.63) is 88.5 Å². The van der Waals surface area contributed by atoms with E-state index in [0.717, 1.165) is 62.1 Å². The summed E-state index contributed by atoms with van der Waals surface area (Å²) in [6, 6.07) is 19.9. The van der Waals surface area contributed by atoms with Crippen molar-refractivity contribution in [2.24, 2.45) is 0 Å². The number of nitrogens with one attached hydrogen (secondary N) is 3. The van der Waals surface area contributed by atoms with Crippen molar-refractivity contribution in [1.82, 2.24) is 5.32 Å². The summed E-state index contributed by atoms with van der Waals surface area (Å²) in [5.74, 6) is -0.0704. The predicted molar refractivity (Wildman–Crippen MR) is 151 cm³/mol. The van der Waals surface area contributed by atoms with Gasteiger partial charge >= 0.3 is 6.03 Å². The first-order chi connectivity index (χ1) is 18.0. The number of hydrogen-bond donors (Lipinski definition) is 3. The standard InChI is InChI=1S/C31H36N4O2/c1-21-12-13-26(18-22(21)2)33-31(37)34-27-14-15-29(35-17-16-23-8-6-7-9-24(23)20-35)28(19-27)30(36)32-25-10-4-3-5-11-25/h6-9,12-15,18-19,25H,3-5,10-11,16-17,20H2,1-2H3,(H,32,36)(H2,33,34,37). The Morgan fingerprint density at radius 2 is 1.51 bits per heavy atom. The third-order valence-corrected chi connectivity index (χ3v) is 7.68. The number of rotatable bonds is 5. The Labute approximate surface area is 219 Å². The Morgan fingerprint density at radius 3 is 2.27 bits per heavy atom. The Balaban J connectivity index is 1.37. The lowest BCUT2D eigenvalue weighted by Crippen LogP contribution is -2.38. The van der Waals surface area contributed by atoms with E-state index in [2.05, 4.69) is 45.1 Å². The summed E-state index contributed by atoms with van der Waals surface area (Å²) in [6.07, 6.45) is 6.53. The van der Waals surface area contributed by atoms with Gasteiger partial charge in [-0.1, -0.05) is 49.6 Å². The van der Waals surface area contributed by atoms with Crippen LogP contribution in [0.25, 0.3) is 0 Å². The molecule has 1 fully saturated rings. The molecule has 5 rings (SSSR count). The summed E-state index contributed by atoms with van der Waals surface area (Å²) >= 11 is 0. The summed E-state index contributed by atoms with van der Waals surface area (Å²) in [7, 11) is 0. The number of urea groups is 1. The van der Waals surface area contributed by atoms with Gasteiger partial charge in [0.05, 0.1) is 5.56 Å². The van der Waals surface area contributed by atoms with Crippen LogP contribution in [0.15, 0.2) is 60.7 Å². The van der Waals surface area contributed by atoms with Crippen molar-refractivity contribution >= 4 is 29.0 Å². The fourth-order valence-electron chi connectivity index (χ4n) is 5.40. The van der Waals surface area contributed by atoms with Crippen molar-refractivity contribution in [3.63, 3.8) is 0 Å². The minimum absolute atomic E-state index is 0.0704. The lowest BCUT2D eigenvalue weighted by atomic mass is 9.95. The zero-order valence-corrected chi connectivity index (χ0v) is 21.8. The number of amides is 3. The number of carbonyl (C=O) groups excluding carboxylic acids is 2. The summed E-state index contributed by atoms with van der Waals surface area (Å²) in [5.41, 5.74) is 7.80. The second kappa shape index (κ2) is 11.1. The molecule has 0 radical (unpaired) electrons. The van der Waals surface area contributed by atoms with Crippen LogP contribution >= 0.6 is 0 Å². The smallest absolute Gasteiger partial charge is 0.323 e. The first-order valence-corrected chi connectivity index (χ1v) is 13.4. The summed E-state index contributed by atoms with van der Waals surface area (Å²) in [5, 5.41) is 9.09. The van der Waals surface area contributed by atoms with Gasteiger partial charge in [-0.3, -0.25) is 4.79 Å². The first kappa shape index (κ1) is 24.9. The molecule has 6 heteroatoms. The average molecular weight is 497 g/mol. The number of fused-ring (bicyclic) bond motifs is 1. The fourth-order valence-corrected chi connectivity index (χ4v) is 5.40. The van der Waals surface area contributed by atoms with Crippen molar-refractivity contribution < 1.29 is 9.59 Å². The van der Waals surface area contributed by atoms with Crippen LogP contribution in [0.1, 0.15) is 64.7 Å². The molecule has 3 aromatic rings. The van der Waals surface area contributed by atoms with Crippen LogP contribution in [0.5, 0.6) is 0 Å². The van der Waals surface area contributed by atoms with E-state index in [-0.39, 0.29) is 18.0 Å². The third kappa shape index (κ3) is 5.96. The van der Waals surface area contributed by atoms with E-state index in [9.17, 15) is 9.59 Å². The molecule has 1 heterocycles. The molecule has 6 nitrogen and oxygen atoms in total. The Morgan fingerprint density at radius 1 is 0.811 bits per heavy atom. The maximum Gasteiger partial charge on any atom is 0.323 e. The molecular weight excluding hydrogens is 460 g/mol. The SMILES string of the molecule is Cc1ccc(NC(=O)Nc2ccc(N3CCc4ccccc4C3)c(C(=O)NC3CCCCC3)c2)cc1C. The molecule has 0 spiro atoms. The molecule has 0 unspecified atom stereocenters. The van der Waals surface area contributed by atoms with E-state index >= 15 is 0 Å². The maximum absolute atomic E-state index is 13.6. The highest BCUT2D eigenvalue weighted by molar-refractivity contribution is 6.04. The fraction of sp³-hybridized carbons (Fsp3) is 0.355. The van der Waals surface area contributed by atoms with Gasteiger partial charge in [0.25, 0.3) is 5.91 Å². The topological polar surface area (TPSA) is 73.5 Å². The highest BCUT2D eigenvalue weighted by atomic mass is 16.2. The molecule has 0 atom stereocenters. The van der Waals surface area contributed by atoms with Gasteiger partial charge in [-0.05, 0) is 85.7 Å². The van der Waals surface area contributed by atoms with E-state index in [0.29, 0.717) is 11.3 Å². The molecule has 2 aliphatic rings. The number of carbonyl (C=O) groups is 2. The number of hydrogen-bond acceptors (Lipinski definition) is 3. The van der Waals surface area contributed by atoms with Gasteiger partial charge in [-0.2, -0.15) is 0 Å². The van der Waals surface area contributed by atoms with Crippen LogP contribution in [-0.4, -0.2) is 24.5 Å². The third-order valence-electron chi connectivity index (χ3n) is 7.68. The minimum Gasteiger partial charge on any atom is -0.366 e. The van der Waals surface area contributed by atoms with E-state index in [1.807, 2.05) is 50.2 Å². The van der Waals surface area contributed by atoms with Gasteiger partial charge in [-0.25, -0.2) is 4.79 Å².